The molecule has 118 valence electrons. The Hall–Kier alpha value is -2.08. The van der Waals surface area contributed by atoms with Crippen molar-refractivity contribution in [1.82, 2.24) is 10.1 Å². The Morgan fingerprint density at radius 2 is 1.95 bits per heavy atom. The van der Waals surface area contributed by atoms with Gasteiger partial charge < -0.3 is 19.7 Å². The minimum atomic E-state index is -0.411. The Morgan fingerprint density at radius 1 is 1.23 bits per heavy atom. The van der Waals surface area contributed by atoms with E-state index in [1.54, 1.807) is 7.11 Å². The van der Waals surface area contributed by atoms with Crippen LogP contribution in [0.15, 0.2) is 28.8 Å². The molecule has 1 aliphatic rings. The zero-order valence-electron chi connectivity index (χ0n) is 12.7. The van der Waals surface area contributed by atoms with Gasteiger partial charge in [-0.3, -0.25) is 0 Å². The molecule has 0 atom stereocenters. The number of rotatable bonds is 6. The van der Waals surface area contributed by atoms with Crippen molar-refractivity contribution < 1.29 is 14.0 Å². The number of hydrogen-bond acceptors (Lipinski definition) is 6. The number of nitrogens with zero attached hydrogens (tertiary/aromatic N) is 2. The highest BCUT2D eigenvalue weighted by Gasteiger charge is 2.35. The Kier molecular flexibility index (Phi) is 4.29. The van der Waals surface area contributed by atoms with Crippen LogP contribution >= 0.6 is 0 Å². The molecule has 0 amide bonds. The average molecular weight is 303 g/mol. The van der Waals surface area contributed by atoms with Crippen LogP contribution in [0.2, 0.25) is 0 Å². The summed E-state index contributed by atoms with van der Waals surface area (Å²) in [5, 5.41) is 4.04. The lowest BCUT2D eigenvalue weighted by Gasteiger charge is -2.17. The summed E-state index contributed by atoms with van der Waals surface area (Å²) >= 11 is 0. The van der Waals surface area contributed by atoms with Gasteiger partial charge in [0, 0.05) is 0 Å². The van der Waals surface area contributed by atoms with Gasteiger partial charge in [-0.15, -0.1) is 0 Å². The van der Waals surface area contributed by atoms with Crippen LogP contribution in [-0.2, 0) is 12.0 Å². The summed E-state index contributed by atoms with van der Waals surface area (Å²) in [6, 6.07) is 7.53. The molecule has 0 spiro atoms. The maximum Gasteiger partial charge on any atom is 0.230 e. The highest BCUT2D eigenvalue weighted by Crippen LogP contribution is 2.34. The molecule has 1 fully saturated rings. The maximum atomic E-state index is 6.32. The molecule has 1 heterocycles. The van der Waals surface area contributed by atoms with Crippen molar-refractivity contribution in [3.05, 3.63) is 36.0 Å². The zero-order valence-corrected chi connectivity index (χ0v) is 12.7. The highest BCUT2D eigenvalue weighted by molar-refractivity contribution is 5.39. The van der Waals surface area contributed by atoms with E-state index in [0.29, 0.717) is 36.2 Å². The van der Waals surface area contributed by atoms with Crippen molar-refractivity contribution in [2.24, 2.45) is 5.73 Å². The molecule has 0 unspecified atom stereocenters. The summed E-state index contributed by atoms with van der Waals surface area (Å²) in [7, 11) is 1.62. The second-order valence-corrected chi connectivity index (χ2v) is 5.62. The van der Waals surface area contributed by atoms with E-state index in [9.17, 15) is 0 Å². The minimum absolute atomic E-state index is 0.411. The molecule has 1 saturated carbocycles. The number of methoxy groups -OCH3 is 1. The van der Waals surface area contributed by atoms with Crippen LogP contribution in [0.5, 0.6) is 11.5 Å². The van der Waals surface area contributed by atoms with E-state index >= 15 is 0 Å². The maximum absolute atomic E-state index is 6.32. The summed E-state index contributed by atoms with van der Waals surface area (Å²) in [6.07, 6.45) is 4.63. The topological polar surface area (TPSA) is 83.4 Å². The van der Waals surface area contributed by atoms with E-state index in [2.05, 4.69) is 10.1 Å². The Labute approximate surface area is 129 Å². The normalized spacial score (nSPS) is 16.6. The van der Waals surface area contributed by atoms with Crippen LogP contribution < -0.4 is 15.2 Å². The van der Waals surface area contributed by atoms with E-state index in [-0.39, 0.29) is 0 Å². The first-order valence-corrected chi connectivity index (χ1v) is 7.59. The average Bonchev–Trinajstić information content (AvgIpc) is 3.18. The fourth-order valence-electron chi connectivity index (χ4n) is 2.77. The number of aromatic nitrogens is 2. The second-order valence-electron chi connectivity index (χ2n) is 5.62. The first-order valence-electron chi connectivity index (χ1n) is 7.59. The van der Waals surface area contributed by atoms with E-state index < -0.39 is 5.54 Å². The minimum Gasteiger partial charge on any atom is -0.493 e. The van der Waals surface area contributed by atoms with Gasteiger partial charge in [-0.1, -0.05) is 30.1 Å². The van der Waals surface area contributed by atoms with Crippen LogP contribution in [0.25, 0.3) is 0 Å². The standard InChI is InChI=1S/C16H21N3O3/c1-20-12-6-2-3-7-13(12)21-11-8-14-18-15(19-22-14)16(17)9-4-5-10-16/h2-3,6-7H,4-5,8-11,17H2,1H3. The first-order chi connectivity index (χ1) is 10.7. The van der Waals surface area contributed by atoms with E-state index in [0.717, 1.165) is 25.7 Å². The van der Waals surface area contributed by atoms with Crippen LogP contribution in [0, 0.1) is 0 Å². The molecule has 0 bridgehead atoms. The lowest BCUT2D eigenvalue weighted by atomic mass is 9.99. The van der Waals surface area contributed by atoms with Crippen molar-refractivity contribution in [1.29, 1.82) is 0 Å². The molecule has 0 radical (unpaired) electrons. The van der Waals surface area contributed by atoms with Crippen LogP contribution in [0.4, 0.5) is 0 Å². The molecule has 6 nitrogen and oxygen atoms in total. The third-order valence-electron chi connectivity index (χ3n) is 4.05. The van der Waals surface area contributed by atoms with Gasteiger partial charge in [0.25, 0.3) is 0 Å². The van der Waals surface area contributed by atoms with Crippen LogP contribution in [0.3, 0.4) is 0 Å². The van der Waals surface area contributed by atoms with Gasteiger partial charge >= 0.3 is 0 Å². The third kappa shape index (κ3) is 3.06. The summed E-state index contributed by atoms with van der Waals surface area (Å²) in [4.78, 5) is 4.42. The molecule has 1 aromatic carbocycles. The largest absolute Gasteiger partial charge is 0.493 e. The number of benzene rings is 1. The Morgan fingerprint density at radius 3 is 2.68 bits per heavy atom. The highest BCUT2D eigenvalue weighted by atomic mass is 16.5. The number of nitrogens with two attached hydrogens (primary N) is 1. The predicted octanol–water partition coefficient (Wildman–Crippen LogP) is 2.43. The molecule has 6 heteroatoms. The van der Waals surface area contributed by atoms with E-state index in [4.69, 9.17) is 19.7 Å². The lowest BCUT2D eigenvalue weighted by molar-refractivity contribution is 0.276. The molecule has 2 aromatic rings. The van der Waals surface area contributed by atoms with Crippen molar-refractivity contribution in [3.63, 3.8) is 0 Å². The van der Waals surface area contributed by atoms with E-state index in [1.165, 1.54) is 0 Å². The monoisotopic (exact) mass is 303 g/mol. The quantitative estimate of drug-likeness (QED) is 0.882. The van der Waals surface area contributed by atoms with Crippen LogP contribution in [-0.4, -0.2) is 23.9 Å². The summed E-state index contributed by atoms with van der Waals surface area (Å²) in [6.45, 7) is 0.444. The fraction of sp³-hybridized carbons (Fsp3) is 0.500. The van der Waals surface area contributed by atoms with Crippen molar-refractivity contribution >= 4 is 0 Å². The van der Waals surface area contributed by atoms with Gasteiger partial charge in [0.1, 0.15) is 0 Å². The Balaban J connectivity index is 1.57. The van der Waals surface area contributed by atoms with Crippen LogP contribution in [0.1, 0.15) is 37.4 Å². The Bertz CT molecular complexity index is 621. The van der Waals surface area contributed by atoms with Gasteiger partial charge in [0.2, 0.25) is 5.89 Å². The SMILES string of the molecule is COc1ccccc1OCCc1nc(C2(N)CCCC2)no1. The van der Waals surface area contributed by atoms with Gasteiger partial charge in [0.15, 0.2) is 17.3 Å². The third-order valence-corrected chi connectivity index (χ3v) is 4.05. The predicted molar refractivity (Wildman–Crippen MR) is 80.8 cm³/mol. The molecular formula is C16H21N3O3. The number of ether oxygens (including phenoxy) is 2. The van der Waals surface area contributed by atoms with Crippen molar-refractivity contribution in [2.75, 3.05) is 13.7 Å². The van der Waals surface area contributed by atoms with Gasteiger partial charge in [-0.05, 0) is 25.0 Å². The summed E-state index contributed by atoms with van der Waals surface area (Å²) in [5.41, 5.74) is 5.91. The molecule has 0 saturated heterocycles. The molecule has 1 aromatic heterocycles. The van der Waals surface area contributed by atoms with Gasteiger partial charge in [0.05, 0.1) is 25.7 Å². The molecule has 0 aliphatic heterocycles. The lowest BCUT2D eigenvalue weighted by Crippen LogP contribution is -2.34. The smallest absolute Gasteiger partial charge is 0.230 e. The van der Waals surface area contributed by atoms with E-state index in [1.807, 2.05) is 24.3 Å². The molecule has 22 heavy (non-hydrogen) atoms. The molecular weight excluding hydrogens is 282 g/mol. The molecule has 1 aliphatic carbocycles. The van der Waals surface area contributed by atoms with Gasteiger partial charge in [-0.2, -0.15) is 4.98 Å². The number of hydrogen-bond donors (Lipinski definition) is 1. The molecule has 3 rings (SSSR count). The number of para-hydroxylation sites is 2. The van der Waals surface area contributed by atoms with Crippen molar-refractivity contribution in [2.45, 2.75) is 37.6 Å². The first kappa shape index (κ1) is 14.8. The zero-order chi connectivity index (χ0) is 15.4. The summed E-state index contributed by atoms with van der Waals surface area (Å²) < 4.78 is 16.2. The molecule has 2 N–H and O–H groups in total. The summed E-state index contributed by atoms with van der Waals surface area (Å²) in [5.74, 6) is 2.59. The van der Waals surface area contributed by atoms with Gasteiger partial charge in [-0.25, -0.2) is 0 Å². The second kappa shape index (κ2) is 6.36. The van der Waals surface area contributed by atoms with Crippen molar-refractivity contribution in [3.8, 4) is 11.5 Å². The fourth-order valence-corrected chi connectivity index (χ4v) is 2.77.